The number of carbonyl (C=O) groups is 2. The van der Waals surface area contributed by atoms with Gasteiger partial charge in [-0.2, -0.15) is 0 Å². The zero-order valence-corrected chi connectivity index (χ0v) is 13.7. The first-order chi connectivity index (χ1) is 12.2. The molecule has 25 heavy (non-hydrogen) atoms. The third-order valence-corrected chi connectivity index (χ3v) is 3.84. The molecule has 0 spiro atoms. The van der Waals surface area contributed by atoms with E-state index in [4.69, 9.17) is 4.74 Å². The maximum absolute atomic E-state index is 12.9. The number of hydrogen-bond acceptors (Lipinski definition) is 3. The number of ketones is 1. The molecule has 0 amide bonds. The lowest BCUT2D eigenvalue weighted by atomic mass is 10.00. The molecule has 0 aliphatic heterocycles. The molecule has 1 unspecified atom stereocenters. The highest BCUT2D eigenvalue weighted by molar-refractivity contribution is 6.01. The Bertz CT molecular complexity index is 827. The molecule has 0 radical (unpaired) electrons. The maximum atomic E-state index is 12.9. The summed E-state index contributed by atoms with van der Waals surface area (Å²) in [6.45, 7) is 0. The standard InChI is InChI=1S/C22H18O3/c23-20(16-17-10-4-1-5-11-17)25-22(19-14-8-3-9-15-19)21(24)18-12-6-2-7-13-18/h1-15,22H,16H2. The lowest BCUT2D eigenvalue weighted by molar-refractivity contribution is -0.146. The number of Topliss-reactive ketones (excluding diaryl/α,β-unsaturated/α-hetero) is 1. The number of esters is 1. The van der Waals surface area contributed by atoms with Crippen LogP contribution in [0.25, 0.3) is 0 Å². The minimum absolute atomic E-state index is 0.131. The van der Waals surface area contributed by atoms with Crippen LogP contribution in [-0.2, 0) is 16.0 Å². The van der Waals surface area contributed by atoms with Gasteiger partial charge >= 0.3 is 5.97 Å². The second-order valence-corrected chi connectivity index (χ2v) is 5.67. The van der Waals surface area contributed by atoms with Crippen LogP contribution in [0, 0.1) is 0 Å². The van der Waals surface area contributed by atoms with Crippen molar-refractivity contribution in [2.45, 2.75) is 12.5 Å². The van der Waals surface area contributed by atoms with E-state index in [9.17, 15) is 9.59 Å². The molecule has 0 aliphatic carbocycles. The van der Waals surface area contributed by atoms with E-state index in [1.165, 1.54) is 0 Å². The van der Waals surface area contributed by atoms with Crippen LogP contribution < -0.4 is 0 Å². The van der Waals surface area contributed by atoms with Crippen LogP contribution in [0.2, 0.25) is 0 Å². The predicted molar refractivity (Wildman–Crippen MR) is 96.2 cm³/mol. The summed E-state index contributed by atoms with van der Waals surface area (Å²) in [5.41, 5.74) is 2.04. The van der Waals surface area contributed by atoms with E-state index in [1.54, 1.807) is 36.4 Å². The number of benzene rings is 3. The number of rotatable bonds is 6. The van der Waals surface area contributed by atoms with E-state index >= 15 is 0 Å². The molecule has 0 N–H and O–H groups in total. The summed E-state index contributed by atoms with van der Waals surface area (Å²) >= 11 is 0. The molecule has 0 heterocycles. The Kier molecular flexibility index (Phi) is 5.37. The summed E-state index contributed by atoms with van der Waals surface area (Å²) in [7, 11) is 0. The van der Waals surface area contributed by atoms with Gasteiger partial charge < -0.3 is 4.74 Å². The fraction of sp³-hybridized carbons (Fsp3) is 0.0909. The normalized spacial score (nSPS) is 11.5. The van der Waals surface area contributed by atoms with Gasteiger partial charge in [0, 0.05) is 11.1 Å². The summed E-state index contributed by atoms with van der Waals surface area (Å²) in [6.07, 6.45) is -0.813. The summed E-state index contributed by atoms with van der Waals surface area (Å²) in [4.78, 5) is 25.2. The van der Waals surface area contributed by atoms with Crippen LogP contribution in [-0.4, -0.2) is 11.8 Å². The zero-order valence-electron chi connectivity index (χ0n) is 13.7. The lowest BCUT2D eigenvalue weighted by Gasteiger charge is -2.17. The van der Waals surface area contributed by atoms with Crippen molar-refractivity contribution in [2.75, 3.05) is 0 Å². The van der Waals surface area contributed by atoms with Gasteiger partial charge in [0.05, 0.1) is 6.42 Å². The quantitative estimate of drug-likeness (QED) is 0.497. The monoisotopic (exact) mass is 330 g/mol. The van der Waals surface area contributed by atoms with Gasteiger partial charge in [0.15, 0.2) is 6.10 Å². The Morgan fingerprint density at radius 1 is 0.720 bits per heavy atom. The van der Waals surface area contributed by atoms with E-state index in [-0.39, 0.29) is 12.2 Å². The van der Waals surface area contributed by atoms with Gasteiger partial charge in [-0.25, -0.2) is 0 Å². The summed E-state index contributed by atoms with van der Waals surface area (Å²) in [6, 6.07) is 27.3. The van der Waals surface area contributed by atoms with Crippen molar-refractivity contribution < 1.29 is 14.3 Å². The molecule has 0 saturated heterocycles. The Labute approximate surface area is 146 Å². The topological polar surface area (TPSA) is 43.4 Å². The highest BCUT2D eigenvalue weighted by Crippen LogP contribution is 2.23. The minimum Gasteiger partial charge on any atom is -0.449 e. The van der Waals surface area contributed by atoms with Crippen molar-refractivity contribution in [3.8, 4) is 0 Å². The maximum Gasteiger partial charge on any atom is 0.311 e. The molecule has 3 heteroatoms. The molecule has 3 aromatic carbocycles. The van der Waals surface area contributed by atoms with Crippen LogP contribution in [0.3, 0.4) is 0 Å². The van der Waals surface area contributed by atoms with E-state index in [0.717, 1.165) is 5.56 Å². The number of carbonyl (C=O) groups excluding carboxylic acids is 2. The predicted octanol–water partition coefficient (Wildman–Crippen LogP) is 4.40. The van der Waals surface area contributed by atoms with Gasteiger partial charge in [-0.05, 0) is 5.56 Å². The third-order valence-electron chi connectivity index (χ3n) is 3.84. The molecule has 1 atom stereocenters. The molecule has 0 aromatic heterocycles. The molecule has 3 aromatic rings. The van der Waals surface area contributed by atoms with Gasteiger partial charge in [0.1, 0.15) is 0 Å². The molecule has 0 fully saturated rings. The largest absolute Gasteiger partial charge is 0.449 e. The van der Waals surface area contributed by atoms with Crippen molar-refractivity contribution >= 4 is 11.8 Å². The second kappa shape index (κ2) is 8.06. The van der Waals surface area contributed by atoms with Crippen molar-refractivity contribution in [3.05, 3.63) is 108 Å². The van der Waals surface area contributed by atoms with Crippen LogP contribution in [0.5, 0.6) is 0 Å². The van der Waals surface area contributed by atoms with Crippen LogP contribution >= 0.6 is 0 Å². The first kappa shape index (κ1) is 16.7. The van der Waals surface area contributed by atoms with Crippen molar-refractivity contribution in [1.82, 2.24) is 0 Å². The van der Waals surface area contributed by atoms with Gasteiger partial charge in [0.2, 0.25) is 5.78 Å². The first-order valence-electron chi connectivity index (χ1n) is 8.11. The molecule has 3 rings (SSSR count). The fourth-order valence-electron chi connectivity index (χ4n) is 2.59. The van der Waals surface area contributed by atoms with Crippen LogP contribution in [0.4, 0.5) is 0 Å². The molecule has 0 bridgehead atoms. The smallest absolute Gasteiger partial charge is 0.311 e. The Balaban J connectivity index is 1.82. The van der Waals surface area contributed by atoms with E-state index in [2.05, 4.69) is 0 Å². The van der Waals surface area contributed by atoms with Crippen molar-refractivity contribution in [3.63, 3.8) is 0 Å². The number of hydrogen-bond donors (Lipinski definition) is 0. The average Bonchev–Trinajstić information content (AvgIpc) is 2.68. The Hall–Kier alpha value is -3.20. The van der Waals surface area contributed by atoms with Gasteiger partial charge in [-0.15, -0.1) is 0 Å². The van der Waals surface area contributed by atoms with Gasteiger partial charge in [0.25, 0.3) is 0 Å². The molecular formula is C22H18O3. The average molecular weight is 330 g/mol. The first-order valence-corrected chi connectivity index (χ1v) is 8.11. The summed E-state index contributed by atoms with van der Waals surface area (Å²) in [5, 5.41) is 0. The highest BCUT2D eigenvalue weighted by atomic mass is 16.5. The minimum atomic E-state index is -0.945. The van der Waals surface area contributed by atoms with Crippen LogP contribution in [0.15, 0.2) is 91.0 Å². The molecule has 0 aliphatic rings. The van der Waals surface area contributed by atoms with E-state index < -0.39 is 12.1 Å². The number of ether oxygens (including phenoxy) is 1. The second-order valence-electron chi connectivity index (χ2n) is 5.67. The third kappa shape index (κ3) is 4.42. The van der Waals surface area contributed by atoms with Gasteiger partial charge in [-0.3, -0.25) is 9.59 Å². The Morgan fingerprint density at radius 2 is 1.24 bits per heavy atom. The zero-order chi connectivity index (χ0) is 17.5. The summed E-state index contributed by atoms with van der Waals surface area (Å²) < 4.78 is 5.57. The SMILES string of the molecule is O=C(Cc1ccccc1)OC(C(=O)c1ccccc1)c1ccccc1. The molecule has 124 valence electrons. The van der Waals surface area contributed by atoms with E-state index in [0.29, 0.717) is 11.1 Å². The van der Waals surface area contributed by atoms with Gasteiger partial charge in [-0.1, -0.05) is 91.0 Å². The lowest BCUT2D eigenvalue weighted by Crippen LogP contribution is -2.21. The van der Waals surface area contributed by atoms with Crippen molar-refractivity contribution in [1.29, 1.82) is 0 Å². The molecule has 0 saturated carbocycles. The molecule has 3 nitrogen and oxygen atoms in total. The summed E-state index contributed by atoms with van der Waals surface area (Å²) in [5.74, 6) is -0.655. The van der Waals surface area contributed by atoms with E-state index in [1.807, 2.05) is 54.6 Å². The fourth-order valence-corrected chi connectivity index (χ4v) is 2.59. The molecular weight excluding hydrogens is 312 g/mol. The van der Waals surface area contributed by atoms with Crippen molar-refractivity contribution in [2.24, 2.45) is 0 Å². The Morgan fingerprint density at radius 3 is 1.84 bits per heavy atom. The van der Waals surface area contributed by atoms with Crippen LogP contribution in [0.1, 0.15) is 27.6 Å². The highest BCUT2D eigenvalue weighted by Gasteiger charge is 2.26.